The van der Waals surface area contributed by atoms with Gasteiger partial charge in [0.05, 0.1) is 6.54 Å². The molecule has 23 heavy (non-hydrogen) atoms. The first-order chi connectivity index (χ1) is 11.2. The number of fused-ring (bicyclic) bond motifs is 3. The van der Waals surface area contributed by atoms with Crippen LogP contribution < -0.4 is 0 Å². The lowest BCUT2D eigenvalue weighted by atomic mass is 9.98. The number of amides is 1. The lowest BCUT2D eigenvalue weighted by Gasteiger charge is -2.18. The molecular formula is C19H18FNO2. The molecule has 1 aliphatic carbocycles. The highest BCUT2D eigenvalue weighted by Crippen LogP contribution is 2.44. The largest absolute Gasteiger partial charge is 0.448 e. The highest BCUT2D eigenvalue weighted by atomic mass is 19.1. The average molecular weight is 311 g/mol. The van der Waals surface area contributed by atoms with Crippen molar-refractivity contribution < 1.29 is 13.9 Å². The monoisotopic (exact) mass is 311 g/mol. The van der Waals surface area contributed by atoms with Gasteiger partial charge in [0.1, 0.15) is 12.8 Å². The van der Waals surface area contributed by atoms with Crippen LogP contribution in [0.15, 0.2) is 48.5 Å². The van der Waals surface area contributed by atoms with Gasteiger partial charge < -0.3 is 9.64 Å². The highest BCUT2D eigenvalue weighted by molar-refractivity contribution is 5.79. The van der Waals surface area contributed by atoms with Gasteiger partial charge in [-0.2, -0.15) is 0 Å². The SMILES string of the molecule is O=C(OCC1c2ccccc2-c2ccccc21)N1CC[C@H](F)C1. The Morgan fingerprint density at radius 3 is 2.26 bits per heavy atom. The van der Waals surface area contributed by atoms with Gasteiger partial charge in [-0.25, -0.2) is 9.18 Å². The maximum Gasteiger partial charge on any atom is 0.409 e. The lowest BCUT2D eigenvalue weighted by molar-refractivity contribution is 0.105. The molecule has 0 unspecified atom stereocenters. The summed E-state index contributed by atoms with van der Waals surface area (Å²) < 4.78 is 18.7. The molecule has 2 aliphatic rings. The van der Waals surface area contributed by atoms with E-state index in [2.05, 4.69) is 24.3 Å². The van der Waals surface area contributed by atoms with Crippen molar-refractivity contribution in [3.8, 4) is 11.1 Å². The number of benzene rings is 2. The van der Waals surface area contributed by atoms with Gasteiger partial charge in [0, 0.05) is 12.5 Å². The Bertz CT molecular complexity index is 700. The fraction of sp³-hybridized carbons (Fsp3) is 0.316. The number of likely N-dealkylation sites (tertiary alicyclic amines) is 1. The number of hydrogen-bond donors (Lipinski definition) is 0. The number of rotatable bonds is 2. The summed E-state index contributed by atoms with van der Waals surface area (Å²) in [6.45, 7) is 0.884. The van der Waals surface area contributed by atoms with Crippen molar-refractivity contribution in [2.45, 2.75) is 18.5 Å². The van der Waals surface area contributed by atoms with E-state index < -0.39 is 12.3 Å². The molecule has 4 heteroatoms. The summed E-state index contributed by atoms with van der Waals surface area (Å²) in [6.07, 6.45) is -0.924. The number of carbonyl (C=O) groups is 1. The molecule has 1 amide bonds. The Balaban J connectivity index is 1.54. The number of hydrogen-bond acceptors (Lipinski definition) is 2. The Labute approximate surface area is 134 Å². The molecule has 0 spiro atoms. The molecule has 1 heterocycles. The minimum atomic E-state index is -0.921. The molecule has 0 saturated carbocycles. The maximum absolute atomic E-state index is 13.2. The van der Waals surface area contributed by atoms with Crippen molar-refractivity contribution in [1.82, 2.24) is 4.90 Å². The summed E-state index contributed by atoms with van der Waals surface area (Å²) in [5.41, 5.74) is 4.78. The summed E-state index contributed by atoms with van der Waals surface area (Å²) in [6, 6.07) is 16.4. The molecule has 0 N–H and O–H groups in total. The second-order valence-corrected chi connectivity index (χ2v) is 6.14. The van der Waals surface area contributed by atoms with Crippen LogP contribution in [-0.4, -0.2) is 36.9 Å². The summed E-state index contributed by atoms with van der Waals surface area (Å²) >= 11 is 0. The van der Waals surface area contributed by atoms with Crippen molar-refractivity contribution in [2.24, 2.45) is 0 Å². The molecule has 0 radical (unpaired) electrons. The average Bonchev–Trinajstić information content (AvgIpc) is 3.15. The van der Waals surface area contributed by atoms with Crippen LogP contribution in [0.4, 0.5) is 9.18 Å². The molecule has 4 rings (SSSR count). The van der Waals surface area contributed by atoms with Gasteiger partial charge in [-0.15, -0.1) is 0 Å². The zero-order valence-electron chi connectivity index (χ0n) is 12.7. The third-order valence-electron chi connectivity index (χ3n) is 4.72. The van der Waals surface area contributed by atoms with E-state index >= 15 is 0 Å². The topological polar surface area (TPSA) is 29.5 Å². The number of ether oxygens (including phenoxy) is 1. The van der Waals surface area contributed by atoms with E-state index in [1.807, 2.05) is 24.3 Å². The van der Waals surface area contributed by atoms with Crippen LogP contribution in [0.1, 0.15) is 23.5 Å². The molecule has 1 saturated heterocycles. The van der Waals surface area contributed by atoms with Gasteiger partial charge in [-0.3, -0.25) is 0 Å². The lowest BCUT2D eigenvalue weighted by Crippen LogP contribution is -2.30. The van der Waals surface area contributed by atoms with Crippen molar-refractivity contribution in [3.05, 3.63) is 59.7 Å². The molecular weight excluding hydrogens is 293 g/mol. The number of nitrogens with zero attached hydrogens (tertiary/aromatic N) is 1. The van der Waals surface area contributed by atoms with Gasteiger partial charge in [0.2, 0.25) is 0 Å². The van der Waals surface area contributed by atoms with Gasteiger partial charge in [-0.05, 0) is 28.7 Å². The van der Waals surface area contributed by atoms with Gasteiger partial charge in [0.25, 0.3) is 0 Å². The van der Waals surface area contributed by atoms with Crippen LogP contribution in [0, 0.1) is 0 Å². The van der Waals surface area contributed by atoms with E-state index in [-0.39, 0.29) is 12.5 Å². The molecule has 0 bridgehead atoms. The summed E-state index contributed by atoms with van der Waals surface area (Å²) in [4.78, 5) is 13.6. The standard InChI is InChI=1S/C19H18FNO2/c20-13-9-10-21(11-13)19(22)23-12-18-16-7-3-1-5-14(16)15-6-2-4-8-17(15)18/h1-8,13,18H,9-12H2/t13-/m0/s1. The van der Waals surface area contributed by atoms with Gasteiger partial charge in [-0.1, -0.05) is 48.5 Å². The third-order valence-corrected chi connectivity index (χ3v) is 4.72. The highest BCUT2D eigenvalue weighted by Gasteiger charge is 2.31. The van der Waals surface area contributed by atoms with Crippen molar-refractivity contribution in [2.75, 3.05) is 19.7 Å². The van der Waals surface area contributed by atoms with Crippen LogP contribution in [0.3, 0.4) is 0 Å². The van der Waals surface area contributed by atoms with E-state index in [0.29, 0.717) is 19.6 Å². The van der Waals surface area contributed by atoms with Crippen LogP contribution in [0.5, 0.6) is 0 Å². The minimum absolute atomic E-state index is 0.0510. The van der Waals surface area contributed by atoms with Gasteiger partial charge >= 0.3 is 6.09 Å². The first-order valence-corrected chi connectivity index (χ1v) is 7.98. The van der Waals surface area contributed by atoms with Crippen LogP contribution in [0.2, 0.25) is 0 Å². The quantitative estimate of drug-likeness (QED) is 0.839. The zero-order chi connectivity index (χ0) is 15.8. The normalized spacial score (nSPS) is 19.5. The predicted octanol–water partition coefficient (Wildman–Crippen LogP) is 3.98. The third kappa shape index (κ3) is 2.48. The fourth-order valence-electron chi connectivity index (χ4n) is 3.57. The fourth-order valence-corrected chi connectivity index (χ4v) is 3.57. The van der Waals surface area contributed by atoms with Crippen molar-refractivity contribution in [1.29, 1.82) is 0 Å². The summed E-state index contributed by atoms with van der Waals surface area (Å²) in [5, 5.41) is 0. The van der Waals surface area contributed by atoms with Crippen molar-refractivity contribution >= 4 is 6.09 Å². The molecule has 2 aromatic carbocycles. The number of carbonyl (C=O) groups excluding carboxylic acids is 1. The van der Waals surface area contributed by atoms with Crippen LogP contribution in [0.25, 0.3) is 11.1 Å². The minimum Gasteiger partial charge on any atom is -0.448 e. The van der Waals surface area contributed by atoms with E-state index in [1.165, 1.54) is 27.2 Å². The Hall–Kier alpha value is -2.36. The Morgan fingerprint density at radius 2 is 1.70 bits per heavy atom. The molecule has 3 nitrogen and oxygen atoms in total. The predicted molar refractivity (Wildman–Crippen MR) is 86.2 cm³/mol. The zero-order valence-corrected chi connectivity index (χ0v) is 12.7. The Kier molecular flexibility index (Phi) is 3.52. The summed E-state index contributed by atoms with van der Waals surface area (Å²) in [7, 11) is 0. The summed E-state index contributed by atoms with van der Waals surface area (Å²) in [5.74, 6) is 0.0510. The van der Waals surface area contributed by atoms with E-state index in [9.17, 15) is 9.18 Å². The van der Waals surface area contributed by atoms with E-state index in [4.69, 9.17) is 4.74 Å². The van der Waals surface area contributed by atoms with Crippen LogP contribution in [-0.2, 0) is 4.74 Å². The first-order valence-electron chi connectivity index (χ1n) is 7.98. The molecule has 0 aromatic heterocycles. The van der Waals surface area contributed by atoms with E-state index in [0.717, 1.165) is 0 Å². The molecule has 1 fully saturated rings. The van der Waals surface area contributed by atoms with Gasteiger partial charge in [0.15, 0.2) is 0 Å². The first kappa shape index (κ1) is 14.2. The maximum atomic E-state index is 13.2. The molecule has 2 aromatic rings. The van der Waals surface area contributed by atoms with Crippen molar-refractivity contribution in [3.63, 3.8) is 0 Å². The van der Waals surface area contributed by atoms with Crippen LogP contribution >= 0.6 is 0 Å². The van der Waals surface area contributed by atoms with E-state index in [1.54, 1.807) is 0 Å². The second-order valence-electron chi connectivity index (χ2n) is 6.14. The number of alkyl halides is 1. The Morgan fingerprint density at radius 1 is 1.09 bits per heavy atom. The molecule has 1 aliphatic heterocycles. The smallest absolute Gasteiger partial charge is 0.409 e. The number of halogens is 1. The second kappa shape index (κ2) is 5.69. The molecule has 1 atom stereocenters. The molecule has 118 valence electrons.